The molecule has 0 radical (unpaired) electrons. The van der Waals surface area contributed by atoms with E-state index in [1.807, 2.05) is 0 Å². The molecule has 0 saturated heterocycles. The first-order valence-corrected chi connectivity index (χ1v) is 7.40. The summed E-state index contributed by atoms with van der Waals surface area (Å²) in [4.78, 5) is -0.160. The third-order valence-electron chi connectivity index (χ3n) is 3.51. The Morgan fingerprint density at radius 2 is 1.94 bits per heavy atom. The quantitative estimate of drug-likeness (QED) is 0.857. The number of hydrogen-bond acceptors (Lipinski definition) is 3. The van der Waals surface area contributed by atoms with Crippen molar-refractivity contribution in [1.29, 1.82) is 0 Å². The summed E-state index contributed by atoms with van der Waals surface area (Å²) in [6, 6.07) is 2.70. The molecule has 3 nitrogen and oxygen atoms in total. The van der Waals surface area contributed by atoms with E-state index in [2.05, 4.69) is 0 Å². The topological polar surface area (TPSA) is 60.2 Å². The molecule has 2 unspecified atom stereocenters. The van der Waals surface area contributed by atoms with Gasteiger partial charge in [0, 0.05) is 0 Å². The van der Waals surface area contributed by atoms with Crippen LogP contribution in [0.3, 0.4) is 0 Å². The Balaban J connectivity index is 2.38. The van der Waals surface area contributed by atoms with Crippen molar-refractivity contribution < 1.29 is 17.2 Å². The molecule has 1 aliphatic carbocycles. The van der Waals surface area contributed by atoms with Crippen LogP contribution < -0.4 is 5.73 Å². The van der Waals surface area contributed by atoms with Gasteiger partial charge in [-0.05, 0) is 43.5 Å². The van der Waals surface area contributed by atoms with Crippen LogP contribution in [0.2, 0.25) is 0 Å². The van der Waals surface area contributed by atoms with Crippen LogP contribution >= 0.6 is 0 Å². The minimum absolute atomic E-state index is 0.0943. The van der Waals surface area contributed by atoms with Crippen LogP contribution in [0.25, 0.3) is 0 Å². The molecule has 0 spiro atoms. The Hall–Kier alpha value is -1.01. The van der Waals surface area contributed by atoms with Crippen molar-refractivity contribution in [3.05, 3.63) is 29.8 Å². The molecule has 100 valence electrons. The van der Waals surface area contributed by atoms with Gasteiger partial charge in [0.25, 0.3) is 0 Å². The van der Waals surface area contributed by atoms with Crippen molar-refractivity contribution in [2.75, 3.05) is 6.54 Å². The van der Waals surface area contributed by atoms with Gasteiger partial charge in [0.15, 0.2) is 21.5 Å². The Labute approximate surface area is 105 Å². The van der Waals surface area contributed by atoms with E-state index in [1.165, 1.54) is 0 Å². The van der Waals surface area contributed by atoms with Gasteiger partial charge < -0.3 is 5.73 Å². The first-order chi connectivity index (χ1) is 8.46. The molecular weight excluding hydrogens is 260 g/mol. The molecule has 1 aromatic rings. The molecule has 1 aliphatic rings. The lowest BCUT2D eigenvalue weighted by atomic mass is 10.1. The molecule has 0 aliphatic heterocycles. The van der Waals surface area contributed by atoms with E-state index in [9.17, 15) is 17.2 Å². The molecular formula is C12H15F2NO2S. The fraction of sp³-hybridized carbons (Fsp3) is 0.500. The maximum Gasteiger partial charge on any atom is 0.181 e. The van der Waals surface area contributed by atoms with E-state index < -0.39 is 26.7 Å². The Bertz CT molecular complexity index is 545. The van der Waals surface area contributed by atoms with Gasteiger partial charge in [-0.1, -0.05) is 6.42 Å². The third-order valence-corrected chi connectivity index (χ3v) is 5.84. The summed E-state index contributed by atoms with van der Waals surface area (Å²) in [5.74, 6) is -2.28. The standard InChI is InChI=1S/C12H15F2NO2S/c13-10-5-4-9(6-11(10)14)18(16,17)12-3-1-2-8(12)7-15/h4-6,8,12H,1-3,7,15H2. The summed E-state index contributed by atoms with van der Waals surface area (Å²) < 4.78 is 50.6. The molecule has 0 amide bonds. The summed E-state index contributed by atoms with van der Waals surface area (Å²) in [6.45, 7) is 0.299. The average molecular weight is 275 g/mol. The third kappa shape index (κ3) is 2.27. The Morgan fingerprint density at radius 3 is 2.56 bits per heavy atom. The Morgan fingerprint density at radius 1 is 1.22 bits per heavy atom. The highest BCUT2D eigenvalue weighted by atomic mass is 32.2. The van der Waals surface area contributed by atoms with Gasteiger partial charge in [-0.15, -0.1) is 0 Å². The maximum absolute atomic E-state index is 13.1. The lowest BCUT2D eigenvalue weighted by Crippen LogP contribution is -2.30. The summed E-state index contributed by atoms with van der Waals surface area (Å²) >= 11 is 0. The summed E-state index contributed by atoms with van der Waals surface area (Å²) in [7, 11) is -3.63. The van der Waals surface area contributed by atoms with Crippen LogP contribution in [0.1, 0.15) is 19.3 Å². The van der Waals surface area contributed by atoms with Crippen molar-refractivity contribution >= 4 is 9.84 Å². The molecule has 2 N–H and O–H groups in total. The zero-order valence-corrected chi connectivity index (χ0v) is 10.6. The van der Waals surface area contributed by atoms with Gasteiger partial charge in [-0.2, -0.15) is 0 Å². The second kappa shape index (κ2) is 4.93. The van der Waals surface area contributed by atoms with E-state index in [1.54, 1.807) is 0 Å². The number of rotatable bonds is 3. The fourth-order valence-electron chi connectivity index (χ4n) is 2.51. The van der Waals surface area contributed by atoms with Crippen LogP contribution in [-0.2, 0) is 9.84 Å². The van der Waals surface area contributed by atoms with E-state index >= 15 is 0 Å². The molecule has 0 aromatic heterocycles. The van der Waals surface area contributed by atoms with Gasteiger partial charge >= 0.3 is 0 Å². The lowest BCUT2D eigenvalue weighted by molar-refractivity contribution is 0.501. The zero-order valence-electron chi connectivity index (χ0n) is 9.77. The van der Waals surface area contributed by atoms with Crippen molar-refractivity contribution in [3.63, 3.8) is 0 Å². The van der Waals surface area contributed by atoms with E-state index in [4.69, 9.17) is 5.73 Å². The minimum atomic E-state index is -3.63. The number of sulfone groups is 1. The van der Waals surface area contributed by atoms with Crippen LogP contribution in [0.5, 0.6) is 0 Å². The number of halogens is 2. The summed E-state index contributed by atoms with van der Waals surface area (Å²) in [5, 5.41) is -0.577. The predicted molar refractivity (Wildman–Crippen MR) is 63.7 cm³/mol. The van der Waals surface area contributed by atoms with Crippen LogP contribution in [0, 0.1) is 17.6 Å². The lowest BCUT2D eigenvalue weighted by Gasteiger charge is -2.18. The second-order valence-electron chi connectivity index (χ2n) is 4.59. The van der Waals surface area contributed by atoms with Gasteiger partial charge in [-0.3, -0.25) is 0 Å². The molecule has 18 heavy (non-hydrogen) atoms. The van der Waals surface area contributed by atoms with Gasteiger partial charge in [-0.25, -0.2) is 17.2 Å². The van der Waals surface area contributed by atoms with Crippen LogP contribution in [0.4, 0.5) is 8.78 Å². The molecule has 0 heterocycles. The first-order valence-electron chi connectivity index (χ1n) is 5.86. The monoisotopic (exact) mass is 275 g/mol. The maximum atomic E-state index is 13.1. The fourth-order valence-corrected chi connectivity index (χ4v) is 4.62. The first kappa shape index (κ1) is 13.4. The normalized spacial score (nSPS) is 24.4. The van der Waals surface area contributed by atoms with E-state index in [0.29, 0.717) is 13.0 Å². The number of nitrogens with two attached hydrogens (primary N) is 1. The van der Waals surface area contributed by atoms with Crippen LogP contribution in [-0.4, -0.2) is 20.2 Å². The smallest absolute Gasteiger partial charge is 0.181 e. The largest absolute Gasteiger partial charge is 0.330 e. The van der Waals surface area contributed by atoms with Gasteiger partial charge in [0.1, 0.15) is 0 Å². The van der Waals surface area contributed by atoms with Crippen molar-refractivity contribution in [3.8, 4) is 0 Å². The average Bonchev–Trinajstić information content (AvgIpc) is 2.81. The Kier molecular flexibility index (Phi) is 3.68. The molecule has 2 atom stereocenters. The molecule has 1 aromatic carbocycles. The molecule has 1 saturated carbocycles. The summed E-state index contributed by atoms with van der Waals surface area (Å²) in [5.41, 5.74) is 5.55. The molecule has 1 fully saturated rings. The highest BCUT2D eigenvalue weighted by Crippen LogP contribution is 2.34. The van der Waals surface area contributed by atoms with Crippen molar-refractivity contribution in [2.45, 2.75) is 29.4 Å². The van der Waals surface area contributed by atoms with Gasteiger partial charge in [0.2, 0.25) is 0 Å². The van der Waals surface area contributed by atoms with Gasteiger partial charge in [0.05, 0.1) is 10.1 Å². The van der Waals surface area contributed by atoms with E-state index in [0.717, 1.165) is 31.0 Å². The molecule has 2 rings (SSSR count). The van der Waals surface area contributed by atoms with Crippen molar-refractivity contribution in [1.82, 2.24) is 0 Å². The predicted octanol–water partition coefficient (Wildman–Crippen LogP) is 1.87. The number of benzene rings is 1. The minimum Gasteiger partial charge on any atom is -0.330 e. The SMILES string of the molecule is NCC1CCCC1S(=O)(=O)c1ccc(F)c(F)c1. The molecule has 0 bridgehead atoms. The summed E-state index contributed by atoms with van der Waals surface area (Å²) in [6.07, 6.45) is 2.10. The highest BCUT2D eigenvalue weighted by Gasteiger charge is 2.37. The second-order valence-corrected chi connectivity index (χ2v) is 6.75. The zero-order chi connectivity index (χ0) is 13.3. The van der Waals surface area contributed by atoms with Crippen LogP contribution in [0.15, 0.2) is 23.1 Å². The molecule has 6 heteroatoms. The van der Waals surface area contributed by atoms with E-state index in [-0.39, 0.29) is 10.8 Å². The van der Waals surface area contributed by atoms with Crippen molar-refractivity contribution in [2.24, 2.45) is 11.7 Å². The highest BCUT2D eigenvalue weighted by molar-refractivity contribution is 7.92. The number of hydrogen-bond donors (Lipinski definition) is 1.